The molecule has 0 N–H and O–H groups in total. The zero-order chi connectivity index (χ0) is 18.9. The molecule has 0 aliphatic heterocycles. The van der Waals surface area contributed by atoms with Crippen molar-refractivity contribution in [2.75, 3.05) is 20.3 Å². The van der Waals surface area contributed by atoms with Crippen molar-refractivity contribution in [1.29, 1.82) is 0 Å². The van der Waals surface area contributed by atoms with E-state index < -0.39 is 11.1 Å². The molecule has 25 heavy (non-hydrogen) atoms. The number of ether oxygens (including phenoxy) is 4. The number of nitro benzene ring substituents is 1. The average Bonchev–Trinajstić information content (AvgIpc) is 2.55. The van der Waals surface area contributed by atoms with Crippen LogP contribution in [-0.4, -0.2) is 43.1 Å². The first-order valence-electron chi connectivity index (χ1n) is 7.99. The number of carbonyl (C=O) groups excluding carboxylic acids is 1. The highest BCUT2D eigenvalue weighted by Crippen LogP contribution is 2.18. The third kappa shape index (κ3) is 8.46. The van der Waals surface area contributed by atoms with Gasteiger partial charge in [-0.3, -0.25) is 10.1 Å². The molecule has 8 nitrogen and oxygen atoms in total. The standard InChI is InChI=1S/C17H25NO7/c1-13(23-12-10-17(2,3)22-4)9-11-24-16(19)25-15-7-5-14(6-8-15)18(20)21/h5-8,13H,9-12H2,1-4H3. The molecule has 0 spiro atoms. The number of hydrogen-bond donors (Lipinski definition) is 0. The van der Waals surface area contributed by atoms with Crippen LogP contribution in [0.1, 0.15) is 33.6 Å². The largest absolute Gasteiger partial charge is 0.513 e. The van der Waals surface area contributed by atoms with Crippen LogP contribution in [-0.2, 0) is 14.2 Å². The van der Waals surface area contributed by atoms with E-state index in [9.17, 15) is 14.9 Å². The first-order valence-corrected chi connectivity index (χ1v) is 7.99. The lowest BCUT2D eigenvalue weighted by Crippen LogP contribution is -2.26. The fourth-order valence-corrected chi connectivity index (χ4v) is 1.76. The summed E-state index contributed by atoms with van der Waals surface area (Å²) >= 11 is 0. The van der Waals surface area contributed by atoms with Gasteiger partial charge in [-0.25, -0.2) is 4.79 Å². The van der Waals surface area contributed by atoms with E-state index >= 15 is 0 Å². The minimum absolute atomic E-state index is 0.0696. The van der Waals surface area contributed by atoms with E-state index in [4.69, 9.17) is 18.9 Å². The van der Waals surface area contributed by atoms with Crippen LogP contribution in [0.2, 0.25) is 0 Å². The van der Waals surface area contributed by atoms with E-state index in [0.29, 0.717) is 13.0 Å². The fourth-order valence-electron chi connectivity index (χ4n) is 1.76. The molecule has 1 aromatic carbocycles. The van der Waals surface area contributed by atoms with Crippen molar-refractivity contribution in [2.45, 2.75) is 45.3 Å². The second-order valence-electron chi connectivity index (χ2n) is 6.14. The molecule has 1 aromatic rings. The van der Waals surface area contributed by atoms with Gasteiger partial charge in [0.05, 0.1) is 23.2 Å². The Bertz CT molecular complexity index is 557. The monoisotopic (exact) mass is 355 g/mol. The third-order valence-corrected chi connectivity index (χ3v) is 3.65. The SMILES string of the molecule is COC(C)(C)CCOC(C)CCOC(=O)Oc1ccc([N+](=O)[O-])cc1. The van der Waals surface area contributed by atoms with Crippen LogP contribution < -0.4 is 4.74 Å². The number of methoxy groups -OCH3 is 1. The maximum absolute atomic E-state index is 11.6. The highest BCUT2D eigenvalue weighted by atomic mass is 16.7. The van der Waals surface area contributed by atoms with E-state index in [1.54, 1.807) is 7.11 Å². The maximum Gasteiger partial charge on any atom is 0.513 e. The number of nitro groups is 1. The number of benzene rings is 1. The maximum atomic E-state index is 11.6. The molecule has 0 bridgehead atoms. The van der Waals surface area contributed by atoms with Crippen molar-refractivity contribution >= 4 is 11.8 Å². The van der Waals surface area contributed by atoms with Gasteiger partial charge in [-0.15, -0.1) is 0 Å². The predicted octanol–water partition coefficient (Wildman–Crippen LogP) is 3.72. The Labute approximate surface area is 147 Å². The predicted molar refractivity (Wildman–Crippen MR) is 90.8 cm³/mol. The van der Waals surface area contributed by atoms with Gasteiger partial charge < -0.3 is 18.9 Å². The van der Waals surface area contributed by atoms with Gasteiger partial charge in [0.25, 0.3) is 5.69 Å². The van der Waals surface area contributed by atoms with Crippen molar-refractivity contribution in [2.24, 2.45) is 0 Å². The van der Waals surface area contributed by atoms with Crippen LogP contribution in [0.5, 0.6) is 5.75 Å². The minimum atomic E-state index is -0.860. The summed E-state index contributed by atoms with van der Waals surface area (Å²) in [5.74, 6) is 0.182. The number of nitrogens with zero attached hydrogens (tertiary/aromatic N) is 1. The summed E-state index contributed by atoms with van der Waals surface area (Å²) in [6.45, 7) is 6.57. The molecule has 1 unspecified atom stereocenters. The van der Waals surface area contributed by atoms with E-state index in [-0.39, 0.29) is 29.7 Å². The van der Waals surface area contributed by atoms with E-state index in [0.717, 1.165) is 6.42 Å². The van der Waals surface area contributed by atoms with E-state index in [1.165, 1.54) is 24.3 Å². The summed E-state index contributed by atoms with van der Waals surface area (Å²) in [6.07, 6.45) is 0.362. The first kappa shape index (κ1) is 20.9. The lowest BCUT2D eigenvalue weighted by molar-refractivity contribution is -0.384. The third-order valence-electron chi connectivity index (χ3n) is 3.65. The van der Waals surface area contributed by atoms with Crippen LogP contribution in [0.15, 0.2) is 24.3 Å². The smallest absolute Gasteiger partial charge is 0.434 e. The number of rotatable bonds is 10. The van der Waals surface area contributed by atoms with E-state index in [1.807, 2.05) is 20.8 Å². The molecule has 0 amide bonds. The molecular weight excluding hydrogens is 330 g/mol. The molecule has 140 valence electrons. The van der Waals surface area contributed by atoms with Crippen LogP contribution in [0.25, 0.3) is 0 Å². The van der Waals surface area contributed by atoms with Crippen molar-refractivity contribution in [3.63, 3.8) is 0 Å². The van der Waals surface area contributed by atoms with Gasteiger partial charge in [0.2, 0.25) is 0 Å². The summed E-state index contributed by atoms with van der Waals surface area (Å²) in [4.78, 5) is 21.6. The van der Waals surface area contributed by atoms with Gasteiger partial charge >= 0.3 is 6.16 Å². The van der Waals surface area contributed by atoms with E-state index in [2.05, 4.69) is 0 Å². The quantitative estimate of drug-likeness (QED) is 0.273. The van der Waals surface area contributed by atoms with Crippen LogP contribution in [0.3, 0.4) is 0 Å². The topological polar surface area (TPSA) is 97.1 Å². The summed E-state index contributed by atoms with van der Waals surface area (Å²) in [5.41, 5.74) is -0.312. The molecule has 1 rings (SSSR count). The molecule has 0 saturated heterocycles. The highest BCUT2D eigenvalue weighted by Gasteiger charge is 2.16. The Morgan fingerprint density at radius 1 is 1.24 bits per heavy atom. The van der Waals surface area contributed by atoms with Gasteiger partial charge in [-0.1, -0.05) is 0 Å². The molecule has 1 atom stereocenters. The molecule has 0 aliphatic rings. The lowest BCUT2D eigenvalue weighted by atomic mass is 10.1. The summed E-state index contributed by atoms with van der Waals surface area (Å²) in [7, 11) is 1.66. The van der Waals surface area contributed by atoms with Crippen molar-refractivity contribution in [3.8, 4) is 5.75 Å². The van der Waals surface area contributed by atoms with Crippen LogP contribution >= 0.6 is 0 Å². The van der Waals surface area contributed by atoms with Crippen molar-refractivity contribution < 1.29 is 28.7 Å². The first-order chi connectivity index (χ1) is 11.7. The molecule has 0 radical (unpaired) electrons. The van der Waals surface area contributed by atoms with Gasteiger partial charge in [0.15, 0.2) is 0 Å². The minimum Gasteiger partial charge on any atom is -0.434 e. The van der Waals surface area contributed by atoms with Gasteiger partial charge in [-0.05, 0) is 39.3 Å². The zero-order valence-electron chi connectivity index (χ0n) is 15.0. The fraction of sp³-hybridized carbons (Fsp3) is 0.588. The Morgan fingerprint density at radius 2 is 1.88 bits per heavy atom. The molecular formula is C17H25NO7. The number of carbonyl (C=O) groups is 1. The summed E-state index contributed by atoms with van der Waals surface area (Å²) in [6, 6.07) is 5.17. The van der Waals surface area contributed by atoms with Crippen molar-refractivity contribution in [3.05, 3.63) is 34.4 Å². The Hall–Kier alpha value is -2.19. The van der Waals surface area contributed by atoms with Crippen LogP contribution in [0, 0.1) is 10.1 Å². The second-order valence-corrected chi connectivity index (χ2v) is 6.14. The Morgan fingerprint density at radius 3 is 2.44 bits per heavy atom. The average molecular weight is 355 g/mol. The molecule has 8 heteroatoms. The molecule has 0 fully saturated rings. The van der Waals surface area contributed by atoms with Crippen molar-refractivity contribution in [1.82, 2.24) is 0 Å². The zero-order valence-corrected chi connectivity index (χ0v) is 15.0. The van der Waals surface area contributed by atoms with Gasteiger partial charge in [0.1, 0.15) is 5.75 Å². The normalized spacial score (nSPS) is 12.5. The number of non-ortho nitro benzene ring substituents is 1. The molecule has 0 saturated carbocycles. The summed E-state index contributed by atoms with van der Waals surface area (Å²) in [5, 5.41) is 10.5. The molecule has 0 heterocycles. The number of hydrogen-bond acceptors (Lipinski definition) is 7. The lowest BCUT2D eigenvalue weighted by Gasteiger charge is -2.23. The Kier molecular flexibility index (Phi) is 8.30. The molecule has 0 aromatic heterocycles. The molecule has 0 aliphatic carbocycles. The Balaban J connectivity index is 2.22. The second kappa shape index (κ2) is 9.95. The summed E-state index contributed by atoms with van der Waals surface area (Å²) < 4.78 is 20.8. The van der Waals surface area contributed by atoms with Gasteiger partial charge in [-0.2, -0.15) is 0 Å². The van der Waals surface area contributed by atoms with Gasteiger partial charge in [0, 0.05) is 32.3 Å². The highest BCUT2D eigenvalue weighted by molar-refractivity contribution is 5.63. The van der Waals surface area contributed by atoms with Crippen LogP contribution in [0.4, 0.5) is 10.5 Å².